The van der Waals surface area contributed by atoms with Gasteiger partial charge in [-0.3, -0.25) is 4.79 Å². The first-order chi connectivity index (χ1) is 13.8. The lowest BCUT2D eigenvalue weighted by Crippen LogP contribution is -2.49. The summed E-state index contributed by atoms with van der Waals surface area (Å²) < 4.78 is 53.7. The average molecular weight is 404 g/mol. The largest absolute Gasteiger partial charge is 0.437 e. The van der Waals surface area contributed by atoms with Crippen LogP contribution in [-0.2, 0) is 6.18 Å². The highest BCUT2D eigenvalue weighted by atomic mass is 19.4. The van der Waals surface area contributed by atoms with Crippen LogP contribution in [0.5, 0.6) is 0 Å². The van der Waals surface area contributed by atoms with E-state index in [9.17, 15) is 22.4 Å². The summed E-state index contributed by atoms with van der Waals surface area (Å²) in [6, 6.07) is 11.6. The van der Waals surface area contributed by atoms with Gasteiger partial charge in [-0.15, -0.1) is 0 Å². The van der Waals surface area contributed by atoms with Crippen LogP contribution >= 0.6 is 0 Å². The minimum absolute atomic E-state index is 0.175. The van der Waals surface area contributed by atoms with Crippen LogP contribution in [0.3, 0.4) is 0 Å². The van der Waals surface area contributed by atoms with Crippen LogP contribution in [0.4, 0.5) is 23.4 Å². The number of piperazine rings is 1. The fourth-order valence-corrected chi connectivity index (χ4v) is 3.30. The summed E-state index contributed by atoms with van der Waals surface area (Å²) in [5.74, 6) is -0.962. The zero-order valence-corrected chi connectivity index (χ0v) is 15.2. The molecule has 1 aromatic heterocycles. The van der Waals surface area contributed by atoms with Gasteiger partial charge in [0.1, 0.15) is 5.82 Å². The van der Waals surface area contributed by atoms with Crippen molar-refractivity contribution in [2.24, 2.45) is 0 Å². The number of rotatable bonds is 2. The number of benzene rings is 2. The molecule has 1 fully saturated rings. The molecule has 2 aromatic carbocycles. The second kappa shape index (κ2) is 7.31. The van der Waals surface area contributed by atoms with E-state index >= 15 is 0 Å². The second-order valence-corrected chi connectivity index (χ2v) is 6.67. The molecule has 3 aromatic rings. The van der Waals surface area contributed by atoms with Gasteiger partial charge in [0.15, 0.2) is 11.5 Å². The first-order valence-electron chi connectivity index (χ1n) is 8.97. The van der Waals surface area contributed by atoms with Crippen LogP contribution < -0.4 is 4.90 Å². The van der Waals surface area contributed by atoms with Crippen molar-refractivity contribution in [2.75, 3.05) is 31.1 Å². The Kier molecular flexibility index (Phi) is 4.81. The Morgan fingerprint density at radius 2 is 1.45 bits per heavy atom. The number of anilines is 1. The Morgan fingerprint density at radius 3 is 2.03 bits per heavy atom. The first kappa shape index (κ1) is 19.1. The molecule has 4 rings (SSSR count). The van der Waals surface area contributed by atoms with Gasteiger partial charge < -0.3 is 9.80 Å². The predicted molar refractivity (Wildman–Crippen MR) is 99.1 cm³/mol. The Labute approximate surface area is 163 Å². The van der Waals surface area contributed by atoms with E-state index in [4.69, 9.17) is 0 Å². The van der Waals surface area contributed by atoms with Crippen molar-refractivity contribution in [3.63, 3.8) is 0 Å². The van der Waals surface area contributed by atoms with Crippen LogP contribution in [0.1, 0.15) is 16.1 Å². The maximum Gasteiger partial charge on any atom is 0.437 e. The van der Waals surface area contributed by atoms with Gasteiger partial charge in [0.05, 0.1) is 11.0 Å². The number of halogens is 4. The average Bonchev–Trinajstić information content (AvgIpc) is 2.72. The molecule has 0 saturated carbocycles. The molecule has 9 heteroatoms. The monoisotopic (exact) mass is 404 g/mol. The van der Waals surface area contributed by atoms with Crippen LogP contribution in [0.2, 0.25) is 0 Å². The van der Waals surface area contributed by atoms with E-state index in [-0.39, 0.29) is 43.4 Å². The summed E-state index contributed by atoms with van der Waals surface area (Å²) in [5, 5.41) is 0. The summed E-state index contributed by atoms with van der Waals surface area (Å²) in [7, 11) is 0. The van der Waals surface area contributed by atoms with E-state index in [1.54, 1.807) is 18.2 Å². The molecule has 0 spiro atoms. The van der Waals surface area contributed by atoms with E-state index in [1.165, 1.54) is 40.1 Å². The van der Waals surface area contributed by atoms with Crippen molar-refractivity contribution in [3.05, 3.63) is 65.6 Å². The van der Waals surface area contributed by atoms with Crippen molar-refractivity contribution < 1.29 is 22.4 Å². The van der Waals surface area contributed by atoms with Gasteiger partial charge in [0.2, 0.25) is 0 Å². The van der Waals surface area contributed by atoms with E-state index in [2.05, 4.69) is 9.97 Å². The number of alkyl halides is 3. The highest BCUT2D eigenvalue weighted by Gasteiger charge is 2.39. The topological polar surface area (TPSA) is 49.3 Å². The molecule has 5 nitrogen and oxygen atoms in total. The molecule has 0 atom stereocenters. The highest BCUT2D eigenvalue weighted by molar-refractivity contribution is 5.94. The molecule has 0 bridgehead atoms. The van der Waals surface area contributed by atoms with Gasteiger partial charge in [-0.2, -0.15) is 13.2 Å². The smallest absolute Gasteiger partial charge is 0.351 e. The fourth-order valence-electron chi connectivity index (χ4n) is 3.30. The van der Waals surface area contributed by atoms with Crippen molar-refractivity contribution in [2.45, 2.75) is 6.18 Å². The van der Waals surface area contributed by atoms with Gasteiger partial charge in [0, 0.05) is 31.7 Å². The van der Waals surface area contributed by atoms with Gasteiger partial charge >= 0.3 is 6.18 Å². The molecule has 0 aliphatic carbocycles. The van der Waals surface area contributed by atoms with Gasteiger partial charge in [-0.25, -0.2) is 14.4 Å². The van der Waals surface area contributed by atoms with Crippen LogP contribution in [0.25, 0.3) is 11.0 Å². The summed E-state index contributed by atoms with van der Waals surface area (Å²) in [5.41, 5.74) is -0.148. The number of aromatic nitrogens is 2. The molecule has 0 unspecified atom stereocenters. The Bertz CT molecular complexity index is 1040. The number of amides is 1. The lowest BCUT2D eigenvalue weighted by molar-refractivity contribution is -0.140. The molecule has 1 saturated heterocycles. The second-order valence-electron chi connectivity index (χ2n) is 6.67. The molecule has 0 radical (unpaired) electrons. The molecule has 1 aliphatic rings. The lowest BCUT2D eigenvalue weighted by atomic mass is 10.1. The van der Waals surface area contributed by atoms with Gasteiger partial charge in [0.25, 0.3) is 5.91 Å². The van der Waals surface area contributed by atoms with Crippen molar-refractivity contribution in [3.8, 4) is 0 Å². The Morgan fingerprint density at radius 1 is 0.862 bits per heavy atom. The van der Waals surface area contributed by atoms with E-state index in [0.29, 0.717) is 11.1 Å². The molecule has 1 amide bonds. The number of fused-ring (bicyclic) bond motifs is 1. The van der Waals surface area contributed by atoms with E-state index in [1.807, 2.05) is 0 Å². The summed E-state index contributed by atoms with van der Waals surface area (Å²) in [4.78, 5) is 23.5. The molecule has 1 aliphatic heterocycles. The molecule has 2 heterocycles. The third-order valence-corrected chi connectivity index (χ3v) is 4.78. The van der Waals surface area contributed by atoms with Crippen LogP contribution in [0.15, 0.2) is 48.5 Å². The summed E-state index contributed by atoms with van der Waals surface area (Å²) >= 11 is 0. The summed E-state index contributed by atoms with van der Waals surface area (Å²) in [6.45, 7) is 0.816. The Hall–Kier alpha value is -3.23. The SMILES string of the molecule is O=C(c1ccc(F)cc1)N1CCN(c2nc3ccccc3nc2C(F)(F)F)CC1. The number of nitrogens with zero attached hydrogens (tertiary/aromatic N) is 4. The molecular formula is C20H16F4N4O. The zero-order valence-electron chi connectivity index (χ0n) is 15.2. The maximum atomic E-state index is 13.6. The third-order valence-electron chi connectivity index (χ3n) is 4.78. The number of para-hydroxylation sites is 2. The normalized spacial score (nSPS) is 15.0. The van der Waals surface area contributed by atoms with Crippen LogP contribution in [0, 0.1) is 5.82 Å². The standard InChI is InChI=1S/C20H16F4N4O/c21-14-7-5-13(6-8-14)19(29)28-11-9-27(10-12-28)18-17(20(22,23)24)25-15-3-1-2-4-16(15)26-18/h1-8H,9-12H2. The van der Waals surface area contributed by atoms with Crippen molar-refractivity contribution in [1.82, 2.24) is 14.9 Å². The third kappa shape index (κ3) is 3.85. The van der Waals surface area contributed by atoms with E-state index < -0.39 is 17.7 Å². The predicted octanol–water partition coefficient (Wildman–Crippen LogP) is 3.75. The number of hydrogen-bond donors (Lipinski definition) is 0. The number of carbonyl (C=O) groups is 1. The minimum atomic E-state index is -4.65. The quantitative estimate of drug-likeness (QED) is 0.611. The molecule has 0 N–H and O–H groups in total. The molecular weight excluding hydrogens is 388 g/mol. The minimum Gasteiger partial charge on any atom is -0.351 e. The highest BCUT2D eigenvalue weighted by Crippen LogP contribution is 2.35. The summed E-state index contributed by atoms with van der Waals surface area (Å²) in [6.07, 6.45) is -4.65. The zero-order chi connectivity index (χ0) is 20.6. The fraction of sp³-hybridized carbons (Fsp3) is 0.250. The van der Waals surface area contributed by atoms with E-state index in [0.717, 1.165) is 0 Å². The molecule has 150 valence electrons. The van der Waals surface area contributed by atoms with Crippen LogP contribution in [-0.4, -0.2) is 47.0 Å². The number of hydrogen-bond acceptors (Lipinski definition) is 4. The molecule has 29 heavy (non-hydrogen) atoms. The van der Waals surface area contributed by atoms with Crippen molar-refractivity contribution >= 4 is 22.8 Å². The van der Waals surface area contributed by atoms with Crippen molar-refractivity contribution in [1.29, 1.82) is 0 Å². The van der Waals surface area contributed by atoms with Gasteiger partial charge in [-0.1, -0.05) is 12.1 Å². The maximum absolute atomic E-state index is 13.6. The first-order valence-corrected chi connectivity index (χ1v) is 8.97. The lowest BCUT2D eigenvalue weighted by Gasteiger charge is -2.36. The number of carbonyl (C=O) groups excluding carboxylic acids is 1. The van der Waals surface area contributed by atoms with Gasteiger partial charge in [-0.05, 0) is 36.4 Å². The Balaban J connectivity index is 1.57.